The number of carbonyl (C=O) groups is 6. The summed E-state index contributed by atoms with van der Waals surface area (Å²) in [6, 6.07) is 1.90. The summed E-state index contributed by atoms with van der Waals surface area (Å²) in [5, 5.41) is 25.1. The first kappa shape index (κ1) is 26.6. The summed E-state index contributed by atoms with van der Waals surface area (Å²) in [4.78, 5) is 79.6. The van der Waals surface area contributed by atoms with E-state index in [1.165, 1.54) is 25.1 Å². The Hall–Kier alpha value is -3.44. The van der Waals surface area contributed by atoms with E-state index in [-0.39, 0.29) is 24.1 Å². The average Bonchev–Trinajstić information content (AvgIpc) is 2.77. The van der Waals surface area contributed by atoms with Crippen molar-refractivity contribution in [1.29, 1.82) is 0 Å². The lowest BCUT2D eigenvalue weighted by atomic mass is 9.52. The van der Waals surface area contributed by atoms with Gasteiger partial charge in [0.25, 0.3) is 0 Å². The third-order valence-corrected chi connectivity index (χ3v) is 7.86. The summed E-state index contributed by atoms with van der Waals surface area (Å²) in [7, 11) is 3.06. The minimum Gasteiger partial charge on any atom is -0.505 e. The minimum absolute atomic E-state index is 0.00822. The van der Waals surface area contributed by atoms with Crippen LogP contribution in [0.15, 0.2) is 12.1 Å². The Morgan fingerprint density at radius 3 is 2.27 bits per heavy atom. The van der Waals surface area contributed by atoms with Gasteiger partial charge in [-0.3, -0.25) is 33.7 Å². The third kappa shape index (κ3) is 3.79. The molecular formula is C26H31N3O8. The highest BCUT2D eigenvalue weighted by Crippen LogP contribution is 2.51. The Labute approximate surface area is 213 Å². The first-order chi connectivity index (χ1) is 17.0. The second-order valence-electron chi connectivity index (χ2n) is 11.5. The number of hydrogen-bond donors (Lipinski definition) is 4. The highest BCUT2D eigenvalue weighted by atomic mass is 16.3. The Morgan fingerprint density at radius 2 is 1.73 bits per heavy atom. The predicted octanol–water partition coefficient (Wildman–Crippen LogP) is -0.148. The van der Waals surface area contributed by atoms with Crippen LogP contribution in [0.4, 0.5) is 5.69 Å². The molecule has 0 bridgehead atoms. The Bertz CT molecular complexity index is 1260. The van der Waals surface area contributed by atoms with Crippen LogP contribution in [-0.4, -0.2) is 75.8 Å². The molecule has 2 saturated carbocycles. The van der Waals surface area contributed by atoms with Gasteiger partial charge in [-0.15, -0.1) is 0 Å². The third-order valence-electron chi connectivity index (χ3n) is 7.86. The summed E-state index contributed by atoms with van der Waals surface area (Å²) in [5.41, 5.74) is 2.02. The van der Waals surface area contributed by atoms with Crippen LogP contribution in [0.25, 0.3) is 0 Å². The molecule has 2 fully saturated rings. The summed E-state index contributed by atoms with van der Waals surface area (Å²) >= 11 is 0. The van der Waals surface area contributed by atoms with Crippen molar-refractivity contribution < 1.29 is 39.0 Å². The molecule has 4 rings (SSSR count). The van der Waals surface area contributed by atoms with E-state index < -0.39 is 81.4 Å². The highest BCUT2D eigenvalue weighted by Gasteiger charge is 2.69. The smallest absolute Gasteiger partial charge is 0.235 e. The molecule has 3 aliphatic carbocycles. The molecule has 0 spiro atoms. The summed E-state index contributed by atoms with van der Waals surface area (Å²) in [5.74, 6) is -11.5. The molecule has 1 aromatic rings. The van der Waals surface area contributed by atoms with Crippen LogP contribution in [0, 0.1) is 29.1 Å². The molecule has 0 heterocycles. The molecule has 2 amide bonds. The number of nitrogens with one attached hydrogen (secondary N) is 1. The van der Waals surface area contributed by atoms with Crippen molar-refractivity contribution in [3.05, 3.63) is 23.3 Å². The fraction of sp³-hybridized carbons (Fsp3) is 0.538. The van der Waals surface area contributed by atoms with Crippen molar-refractivity contribution >= 4 is 40.6 Å². The number of hydrogen-bond acceptors (Lipinski definition) is 9. The molecule has 6 atom stereocenters. The molecule has 1 aromatic carbocycles. The molecule has 11 nitrogen and oxygen atoms in total. The van der Waals surface area contributed by atoms with Crippen LogP contribution in [0.1, 0.15) is 43.1 Å². The zero-order chi connectivity index (χ0) is 27.8. The first-order valence-electron chi connectivity index (χ1n) is 12.0. The Morgan fingerprint density at radius 1 is 1.11 bits per heavy atom. The predicted molar refractivity (Wildman–Crippen MR) is 129 cm³/mol. The monoisotopic (exact) mass is 513 g/mol. The van der Waals surface area contributed by atoms with Gasteiger partial charge in [0.05, 0.1) is 23.2 Å². The topological polar surface area (TPSA) is 184 Å². The number of phenolic OH excluding ortho intramolecular Hbond substituents is 1. The Kier molecular flexibility index (Phi) is 6.16. The van der Waals surface area contributed by atoms with Gasteiger partial charge in [-0.25, -0.2) is 0 Å². The molecule has 11 heteroatoms. The number of phenols is 1. The molecule has 5 N–H and O–H groups in total. The van der Waals surface area contributed by atoms with E-state index in [0.717, 1.165) is 0 Å². The molecule has 37 heavy (non-hydrogen) atoms. The number of nitrogens with two attached hydrogens (primary N) is 1. The standard InChI is InChI=1S/C26H31N3O8/c1-25(2,3)24(36)28-13-7-6-10-8-11-9-12-17(29(4)5)20(32)16(23(27)35)22(34)26(12,37)21(33)15(11)19(31)14(10)18(13)30/h6-7,11-12,15-17,30,37H,8-9H2,1-5H3,(H2,27,35)(H,28,36)/t11-,12-,15?,16?,17-,26-/m0/s1. The lowest BCUT2D eigenvalue weighted by Crippen LogP contribution is -2.74. The Balaban J connectivity index is 1.80. The number of Topliss-reactive ketones (excluding diaryl/α,β-unsaturated/α-hetero) is 4. The van der Waals surface area contributed by atoms with E-state index in [1.807, 2.05) is 0 Å². The van der Waals surface area contributed by atoms with Crippen LogP contribution < -0.4 is 11.1 Å². The van der Waals surface area contributed by atoms with E-state index in [9.17, 15) is 39.0 Å². The van der Waals surface area contributed by atoms with Gasteiger partial charge >= 0.3 is 0 Å². The molecule has 0 saturated heterocycles. The van der Waals surface area contributed by atoms with Gasteiger partial charge in [0.15, 0.2) is 34.7 Å². The van der Waals surface area contributed by atoms with Gasteiger partial charge < -0.3 is 21.3 Å². The number of carbonyl (C=O) groups excluding carboxylic acids is 6. The molecular weight excluding hydrogens is 482 g/mol. The second-order valence-corrected chi connectivity index (χ2v) is 11.5. The number of amides is 2. The molecule has 3 aliphatic rings. The quantitative estimate of drug-likeness (QED) is 0.315. The summed E-state index contributed by atoms with van der Waals surface area (Å²) < 4.78 is 0. The number of primary amides is 1. The van der Waals surface area contributed by atoms with Crippen LogP contribution in [-0.2, 0) is 30.4 Å². The van der Waals surface area contributed by atoms with Gasteiger partial charge in [0.1, 0.15) is 5.75 Å². The van der Waals surface area contributed by atoms with E-state index >= 15 is 0 Å². The van der Waals surface area contributed by atoms with E-state index in [2.05, 4.69) is 5.32 Å². The molecule has 0 aromatic heterocycles. The molecule has 0 aliphatic heterocycles. The van der Waals surface area contributed by atoms with E-state index in [0.29, 0.717) is 5.56 Å². The molecule has 0 radical (unpaired) electrons. The van der Waals surface area contributed by atoms with Gasteiger partial charge in [0.2, 0.25) is 11.8 Å². The maximum Gasteiger partial charge on any atom is 0.235 e. The number of fused-ring (bicyclic) bond motifs is 3. The van der Waals surface area contributed by atoms with Gasteiger partial charge in [0, 0.05) is 11.3 Å². The number of rotatable bonds is 3. The van der Waals surface area contributed by atoms with Crippen LogP contribution in [0.3, 0.4) is 0 Å². The fourth-order valence-corrected chi connectivity index (χ4v) is 5.99. The van der Waals surface area contributed by atoms with Crippen molar-refractivity contribution in [3.8, 4) is 5.75 Å². The lowest BCUT2D eigenvalue weighted by Gasteiger charge is -2.52. The van der Waals surface area contributed by atoms with Crippen molar-refractivity contribution in [3.63, 3.8) is 0 Å². The van der Waals surface area contributed by atoms with Crippen molar-refractivity contribution in [2.45, 2.75) is 45.3 Å². The SMILES string of the molecule is CN(C)[C@@H]1C(=O)C(C(N)=O)C(=O)[C@@]2(O)C(=O)C3C(=O)c4c(ccc(NC(=O)C(C)(C)C)c4O)C[C@H]3C[C@@H]12. The van der Waals surface area contributed by atoms with Crippen molar-refractivity contribution in [2.24, 2.45) is 34.8 Å². The fourth-order valence-electron chi connectivity index (χ4n) is 5.99. The summed E-state index contributed by atoms with van der Waals surface area (Å²) in [6.45, 7) is 5.03. The number of anilines is 1. The average molecular weight is 514 g/mol. The molecule has 198 valence electrons. The largest absolute Gasteiger partial charge is 0.505 e. The van der Waals surface area contributed by atoms with Crippen molar-refractivity contribution in [1.82, 2.24) is 4.90 Å². The normalized spacial score (nSPS) is 31.5. The lowest BCUT2D eigenvalue weighted by molar-refractivity contribution is -0.181. The second kappa shape index (κ2) is 8.56. The van der Waals surface area contributed by atoms with Gasteiger partial charge in [-0.05, 0) is 44.5 Å². The first-order valence-corrected chi connectivity index (χ1v) is 12.0. The maximum absolute atomic E-state index is 13.8. The maximum atomic E-state index is 13.8. The van der Waals surface area contributed by atoms with Crippen LogP contribution >= 0.6 is 0 Å². The number of aliphatic hydroxyl groups is 1. The van der Waals surface area contributed by atoms with Gasteiger partial charge in [-0.2, -0.15) is 0 Å². The zero-order valence-electron chi connectivity index (χ0n) is 21.3. The van der Waals surface area contributed by atoms with E-state index in [1.54, 1.807) is 26.8 Å². The number of ketones is 4. The number of likely N-dealkylation sites (N-methyl/N-ethyl adjacent to an activating group) is 1. The molecule has 2 unspecified atom stereocenters. The highest BCUT2D eigenvalue weighted by molar-refractivity contribution is 6.32. The van der Waals surface area contributed by atoms with Crippen molar-refractivity contribution in [2.75, 3.05) is 19.4 Å². The van der Waals surface area contributed by atoms with Gasteiger partial charge in [-0.1, -0.05) is 26.8 Å². The van der Waals surface area contributed by atoms with E-state index in [4.69, 9.17) is 5.73 Å². The number of nitrogens with zero attached hydrogens (tertiary/aromatic N) is 1. The minimum atomic E-state index is -2.77. The number of aromatic hydroxyl groups is 1. The summed E-state index contributed by atoms with van der Waals surface area (Å²) in [6.07, 6.45) is 0.139. The number of benzene rings is 1. The van der Waals surface area contributed by atoms with Crippen LogP contribution in [0.5, 0.6) is 5.75 Å². The van der Waals surface area contributed by atoms with Crippen LogP contribution in [0.2, 0.25) is 0 Å². The zero-order valence-corrected chi connectivity index (χ0v) is 21.3.